The van der Waals surface area contributed by atoms with E-state index in [-0.39, 0.29) is 18.3 Å². The average molecular weight is 469 g/mol. The topological polar surface area (TPSA) is 91.6 Å². The number of aryl methyl sites for hydroxylation is 1. The zero-order valence-electron chi connectivity index (χ0n) is 17.6. The van der Waals surface area contributed by atoms with Crippen molar-refractivity contribution in [2.24, 2.45) is 0 Å². The van der Waals surface area contributed by atoms with Crippen molar-refractivity contribution in [1.29, 1.82) is 0 Å². The summed E-state index contributed by atoms with van der Waals surface area (Å²) in [4.78, 5) is 40.2. The highest BCUT2D eigenvalue weighted by molar-refractivity contribution is 6.08. The Kier molecular flexibility index (Phi) is 5.15. The lowest BCUT2D eigenvalue weighted by Gasteiger charge is -2.35. The van der Waals surface area contributed by atoms with Crippen LogP contribution in [0.25, 0.3) is 0 Å². The summed E-state index contributed by atoms with van der Waals surface area (Å²) in [7, 11) is 0. The maximum atomic E-state index is 13.9. The van der Waals surface area contributed by atoms with Crippen LogP contribution in [0.5, 0.6) is 5.75 Å². The van der Waals surface area contributed by atoms with Gasteiger partial charge in [0.25, 0.3) is 11.8 Å². The Labute approximate surface area is 191 Å². The fourth-order valence-electron chi connectivity index (χ4n) is 4.54. The molecule has 0 saturated carbocycles. The van der Waals surface area contributed by atoms with Crippen molar-refractivity contribution in [2.75, 3.05) is 11.4 Å². The minimum absolute atomic E-state index is 0.217. The van der Waals surface area contributed by atoms with Crippen LogP contribution < -0.4 is 15.6 Å². The second-order valence-electron chi connectivity index (χ2n) is 8.24. The van der Waals surface area contributed by atoms with Crippen LogP contribution in [-0.2, 0) is 13.0 Å². The van der Waals surface area contributed by atoms with Crippen LogP contribution in [0.3, 0.4) is 0 Å². The predicted octanol–water partition coefficient (Wildman–Crippen LogP) is 3.05. The number of carbonyl (C=O) groups is 2. The molecular weight excluding hydrogens is 451 g/mol. The number of hydrogen-bond donors (Lipinski definition) is 2. The molecule has 1 unspecified atom stereocenters. The molecule has 174 valence electrons. The molecule has 10 heteroatoms. The maximum Gasteiger partial charge on any atom is 0.279 e. The molecule has 3 aromatic rings. The van der Waals surface area contributed by atoms with Gasteiger partial charge in [-0.05, 0) is 24.5 Å². The van der Waals surface area contributed by atoms with E-state index < -0.39 is 58.1 Å². The normalized spacial score (nSPS) is 16.5. The monoisotopic (exact) mass is 469 g/mol. The average Bonchev–Trinajstić information content (AvgIpc) is 2.97. The number of anilines is 1. The Bertz CT molecular complexity index is 1400. The molecule has 0 fully saturated rings. The molecule has 5 rings (SSSR count). The van der Waals surface area contributed by atoms with Gasteiger partial charge in [-0.15, -0.1) is 0 Å². The zero-order chi connectivity index (χ0) is 24.1. The van der Waals surface area contributed by atoms with Gasteiger partial charge in [0, 0.05) is 42.7 Å². The first kappa shape index (κ1) is 21.7. The highest BCUT2D eigenvalue weighted by Gasteiger charge is 2.38. The van der Waals surface area contributed by atoms with Gasteiger partial charge in [0.05, 0.1) is 6.04 Å². The molecular formula is C24H18F3N3O4. The second-order valence-corrected chi connectivity index (χ2v) is 8.24. The number of halogens is 3. The Morgan fingerprint density at radius 2 is 1.82 bits per heavy atom. The van der Waals surface area contributed by atoms with Crippen molar-refractivity contribution in [3.8, 4) is 5.75 Å². The van der Waals surface area contributed by atoms with E-state index in [1.807, 2.05) is 12.1 Å². The molecule has 34 heavy (non-hydrogen) atoms. The van der Waals surface area contributed by atoms with Crippen LogP contribution in [0.4, 0.5) is 18.9 Å². The zero-order valence-corrected chi connectivity index (χ0v) is 17.6. The molecule has 0 spiro atoms. The van der Waals surface area contributed by atoms with E-state index in [1.165, 1.54) is 15.7 Å². The number of fused-ring (bicyclic) bond motifs is 6. The van der Waals surface area contributed by atoms with Crippen molar-refractivity contribution in [3.05, 3.63) is 92.7 Å². The summed E-state index contributed by atoms with van der Waals surface area (Å²) in [5.41, 5.74) is -0.694. The van der Waals surface area contributed by atoms with E-state index in [2.05, 4.69) is 5.32 Å². The van der Waals surface area contributed by atoms with Gasteiger partial charge in [0.1, 0.15) is 23.0 Å². The lowest BCUT2D eigenvalue weighted by atomic mass is 10.0. The van der Waals surface area contributed by atoms with Gasteiger partial charge in [-0.1, -0.05) is 18.2 Å². The number of hydrogen-bond acceptors (Lipinski definition) is 4. The molecule has 2 N–H and O–H groups in total. The molecule has 2 amide bonds. The van der Waals surface area contributed by atoms with Gasteiger partial charge < -0.3 is 19.9 Å². The van der Waals surface area contributed by atoms with Gasteiger partial charge in [-0.25, -0.2) is 13.2 Å². The lowest BCUT2D eigenvalue weighted by molar-refractivity contribution is 0.0929. The molecule has 0 aliphatic carbocycles. The van der Waals surface area contributed by atoms with Crippen molar-refractivity contribution < 1.29 is 27.9 Å². The van der Waals surface area contributed by atoms with Gasteiger partial charge in [-0.2, -0.15) is 0 Å². The van der Waals surface area contributed by atoms with Crippen molar-refractivity contribution in [1.82, 2.24) is 9.88 Å². The molecule has 2 bridgehead atoms. The van der Waals surface area contributed by atoms with Crippen molar-refractivity contribution in [2.45, 2.75) is 25.4 Å². The summed E-state index contributed by atoms with van der Waals surface area (Å²) in [5, 5.41) is 12.8. The van der Waals surface area contributed by atoms with E-state index in [4.69, 9.17) is 0 Å². The lowest BCUT2D eigenvalue weighted by Crippen LogP contribution is -2.44. The summed E-state index contributed by atoms with van der Waals surface area (Å²) in [6.45, 7) is -0.359. The number of carbonyl (C=O) groups excluding carboxylic acids is 2. The Balaban J connectivity index is 1.50. The number of pyridine rings is 1. The molecule has 2 aliphatic heterocycles. The van der Waals surface area contributed by atoms with Crippen LogP contribution in [0, 0.1) is 17.5 Å². The highest BCUT2D eigenvalue weighted by atomic mass is 19.1. The number of nitrogens with zero attached hydrogens (tertiary/aromatic N) is 2. The van der Waals surface area contributed by atoms with Crippen LogP contribution in [0.2, 0.25) is 0 Å². The van der Waals surface area contributed by atoms with Crippen LogP contribution >= 0.6 is 0 Å². The molecule has 1 aromatic heterocycles. The number of benzene rings is 2. The van der Waals surface area contributed by atoms with E-state index in [0.717, 1.165) is 5.56 Å². The molecule has 3 heterocycles. The third kappa shape index (κ3) is 3.42. The quantitative estimate of drug-likeness (QED) is 0.617. The first-order chi connectivity index (χ1) is 16.3. The van der Waals surface area contributed by atoms with Crippen molar-refractivity contribution in [3.63, 3.8) is 0 Å². The van der Waals surface area contributed by atoms with Gasteiger partial charge >= 0.3 is 0 Å². The molecule has 0 radical (unpaired) electrons. The van der Waals surface area contributed by atoms with Crippen LogP contribution in [0.1, 0.15) is 44.4 Å². The van der Waals surface area contributed by atoms with Crippen molar-refractivity contribution >= 4 is 17.5 Å². The van der Waals surface area contributed by atoms with Gasteiger partial charge in [-0.3, -0.25) is 14.4 Å². The third-order valence-electron chi connectivity index (χ3n) is 6.25. The van der Waals surface area contributed by atoms with Crippen LogP contribution in [-0.4, -0.2) is 28.0 Å². The summed E-state index contributed by atoms with van der Waals surface area (Å²) >= 11 is 0. The molecule has 2 aromatic carbocycles. The first-order valence-corrected chi connectivity index (χ1v) is 10.6. The third-order valence-corrected chi connectivity index (χ3v) is 6.25. The number of aromatic nitrogens is 1. The van der Waals surface area contributed by atoms with E-state index >= 15 is 0 Å². The minimum Gasteiger partial charge on any atom is -0.503 e. The highest BCUT2D eigenvalue weighted by Crippen LogP contribution is 2.37. The van der Waals surface area contributed by atoms with Gasteiger partial charge in [0.2, 0.25) is 5.43 Å². The smallest absolute Gasteiger partial charge is 0.279 e. The molecule has 1 atom stereocenters. The standard InChI is InChI=1S/C24H18F3N3O4/c25-13-7-17(26)15(18(27)8-13)9-28-23(33)16-11-29-14-6-5-12-3-1-2-4-19(12)30(10-14)24(34)20(29)22(32)21(16)31/h1-4,7-8,11,14,32H,5-6,9-10H2,(H,28,33). The summed E-state index contributed by atoms with van der Waals surface area (Å²) in [5.74, 6) is -5.91. The second kappa shape index (κ2) is 8.05. The fraction of sp³-hybridized carbons (Fsp3) is 0.208. The summed E-state index contributed by atoms with van der Waals surface area (Å²) in [6.07, 6.45) is 2.42. The minimum atomic E-state index is -1.19. The SMILES string of the molecule is O=C(NCc1c(F)cc(F)cc1F)c1cn2c(c(O)c1=O)C(=O)N1CC2CCc2ccccc21. The number of amides is 2. The summed E-state index contributed by atoms with van der Waals surface area (Å²) in [6, 6.07) is 8.01. The number of rotatable bonds is 3. The fourth-order valence-corrected chi connectivity index (χ4v) is 4.54. The largest absolute Gasteiger partial charge is 0.503 e. The van der Waals surface area contributed by atoms with E-state index in [9.17, 15) is 32.7 Å². The van der Waals surface area contributed by atoms with E-state index in [0.29, 0.717) is 30.7 Å². The summed E-state index contributed by atoms with van der Waals surface area (Å²) < 4.78 is 42.3. The number of aromatic hydroxyl groups is 1. The Morgan fingerprint density at radius 1 is 1.12 bits per heavy atom. The maximum absolute atomic E-state index is 13.9. The first-order valence-electron chi connectivity index (χ1n) is 10.6. The number of nitrogens with one attached hydrogen (secondary N) is 1. The van der Waals surface area contributed by atoms with Gasteiger partial charge in [0.15, 0.2) is 11.4 Å². The molecule has 0 saturated heterocycles. The molecule has 2 aliphatic rings. The van der Waals surface area contributed by atoms with E-state index in [1.54, 1.807) is 12.1 Å². The Morgan fingerprint density at radius 3 is 2.56 bits per heavy atom. The molecule has 7 nitrogen and oxygen atoms in total. The predicted molar refractivity (Wildman–Crippen MR) is 115 cm³/mol. The van der Waals surface area contributed by atoms with Crippen LogP contribution in [0.15, 0.2) is 47.4 Å². The Hall–Kier alpha value is -4.08. The number of para-hydroxylation sites is 1.